The lowest BCUT2D eigenvalue weighted by atomic mass is 10.0. The van der Waals surface area contributed by atoms with Crippen LogP contribution in [0.4, 0.5) is 0 Å². The van der Waals surface area contributed by atoms with E-state index in [1.807, 2.05) is 13.0 Å². The van der Waals surface area contributed by atoms with Gasteiger partial charge in [0.2, 0.25) is 0 Å². The van der Waals surface area contributed by atoms with Gasteiger partial charge in [-0.05, 0) is 12.5 Å². The molecule has 1 aromatic rings. The second-order valence-electron chi connectivity index (χ2n) is 6.53. The van der Waals surface area contributed by atoms with Crippen LogP contribution >= 0.6 is 19.8 Å². The highest BCUT2D eigenvalue weighted by Crippen LogP contribution is 2.42. The zero-order chi connectivity index (χ0) is 18.8. The summed E-state index contributed by atoms with van der Waals surface area (Å²) in [5.74, 6) is -0.312. The van der Waals surface area contributed by atoms with Gasteiger partial charge in [0.15, 0.2) is 18.4 Å². The van der Waals surface area contributed by atoms with Crippen LogP contribution in [0.2, 0.25) is 0 Å². The number of β-lactam (4-membered cyclic amide) rings is 1. The molecule has 6 nitrogen and oxygen atoms in total. The van der Waals surface area contributed by atoms with Gasteiger partial charge in [0, 0.05) is 11.3 Å². The summed E-state index contributed by atoms with van der Waals surface area (Å²) in [4.78, 5) is 38.7. The molecule has 1 saturated heterocycles. The highest BCUT2D eigenvalue weighted by molar-refractivity contribution is 8.00. The number of ether oxygens (including phenoxy) is 1. The molecule has 8 heteroatoms. The summed E-state index contributed by atoms with van der Waals surface area (Å²) in [6, 6.07) is 8.44. The molecule has 1 N–H and O–H groups in total. The number of benzene rings is 1. The molecule has 0 spiro atoms. The van der Waals surface area contributed by atoms with Crippen LogP contribution in [0.5, 0.6) is 0 Å². The summed E-state index contributed by atoms with van der Waals surface area (Å²) >= 11 is 1.64. The van der Waals surface area contributed by atoms with E-state index in [-0.39, 0.29) is 29.7 Å². The van der Waals surface area contributed by atoms with E-state index in [9.17, 15) is 14.4 Å². The maximum absolute atomic E-state index is 12.6. The van der Waals surface area contributed by atoms with Crippen molar-refractivity contribution >= 4 is 37.5 Å². The van der Waals surface area contributed by atoms with Crippen molar-refractivity contribution in [2.75, 3.05) is 25.7 Å². The number of hydrogen-bond acceptors (Lipinski definition) is 6. The van der Waals surface area contributed by atoms with Gasteiger partial charge in [0.05, 0.1) is 21.4 Å². The Bertz CT molecular complexity index is 766. The highest BCUT2D eigenvalue weighted by Gasteiger charge is 2.54. The lowest BCUT2D eigenvalue weighted by Gasteiger charge is -2.48. The fourth-order valence-electron chi connectivity index (χ4n) is 2.98. The molecular weight excluding hydrogens is 371 g/mol. The summed E-state index contributed by atoms with van der Waals surface area (Å²) in [5.41, 5.74) is 1.58. The molecule has 0 saturated carbocycles. The number of esters is 1. The van der Waals surface area contributed by atoms with Gasteiger partial charge in [0.1, 0.15) is 11.1 Å². The Kier molecular flexibility index (Phi) is 5.80. The average Bonchev–Trinajstić information content (AvgIpc) is 2.64. The normalized spacial score (nSPS) is 22.2. The molecule has 1 amide bonds. The van der Waals surface area contributed by atoms with E-state index in [2.05, 4.69) is 18.4 Å². The number of carbonyl (C=O) groups excluding carboxylic acids is 3. The lowest BCUT2D eigenvalue weighted by Crippen LogP contribution is -2.68. The first-order valence-electron chi connectivity index (χ1n) is 8.36. The van der Waals surface area contributed by atoms with Crippen molar-refractivity contribution in [3.05, 3.63) is 47.2 Å². The summed E-state index contributed by atoms with van der Waals surface area (Å²) in [6.45, 7) is 5.65. The summed E-state index contributed by atoms with van der Waals surface area (Å²) in [7, 11) is -0.766. The van der Waals surface area contributed by atoms with Crippen LogP contribution in [0.1, 0.15) is 17.3 Å². The Morgan fingerprint density at radius 2 is 2.00 bits per heavy atom. The summed E-state index contributed by atoms with van der Waals surface area (Å²) < 4.78 is 5.22. The molecule has 1 aromatic carbocycles. The Balaban J connectivity index is 1.67. The van der Waals surface area contributed by atoms with E-state index in [1.165, 1.54) is 4.90 Å². The van der Waals surface area contributed by atoms with Gasteiger partial charge in [-0.3, -0.25) is 14.5 Å². The molecule has 0 aromatic heterocycles. The van der Waals surface area contributed by atoms with Gasteiger partial charge in [-0.1, -0.05) is 30.3 Å². The molecule has 1 fully saturated rings. The first-order valence-corrected chi connectivity index (χ1v) is 11.9. The van der Waals surface area contributed by atoms with Crippen molar-refractivity contribution in [3.63, 3.8) is 0 Å². The van der Waals surface area contributed by atoms with E-state index in [0.717, 1.165) is 5.57 Å². The second kappa shape index (κ2) is 7.91. The molecule has 26 heavy (non-hydrogen) atoms. The first kappa shape index (κ1) is 19.1. The molecule has 2 aliphatic heterocycles. The Hall–Kier alpha value is -1.69. The molecule has 0 radical (unpaired) electrons. The molecule has 2 heterocycles. The first-order chi connectivity index (χ1) is 12.4. The number of thioether (sulfide) groups is 1. The Morgan fingerprint density at radius 3 is 2.65 bits per heavy atom. The number of ketones is 1. The molecule has 3 rings (SSSR count). The monoisotopic (exact) mass is 393 g/mol. The van der Waals surface area contributed by atoms with Crippen molar-refractivity contribution < 1.29 is 19.1 Å². The van der Waals surface area contributed by atoms with Gasteiger partial charge < -0.3 is 4.74 Å². The van der Waals surface area contributed by atoms with Gasteiger partial charge >= 0.3 is 5.97 Å². The maximum Gasteiger partial charge on any atom is 0.355 e. The number of hydrogen-bond donors (Lipinski definition) is 1. The highest BCUT2D eigenvalue weighted by atomic mass is 32.2. The van der Waals surface area contributed by atoms with Crippen molar-refractivity contribution in [3.8, 4) is 0 Å². The van der Waals surface area contributed by atoms with Crippen LogP contribution in [0.15, 0.2) is 41.6 Å². The predicted octanol–water partition coefficient (Wildman–Crippen LogP) is 1.95. The standard InChI is InChI=1S/C18H21N2O4PS/c1-11-10-26-17-14(19-25(2)3)16(22)20(17)15(11)18(23)24-9-13(21)12-7-5-4-6-8-12/h4-8,14,17,19H,9-10H2,1-3H3/p+1/t14-,17+/m1/s1. The molecule has 2 atom stereocenters. The number of nitrogens with zero attached hydrogens (tertiary/aromatic N) is 1. The number of carbonyl (C=O) groups is 3. The molecule has 2 aliphatic rings. The van der Waals surface area contributed by atoms with Crippen LogP contribution in [-0.2, 0) is 14.3 Å². The summed E-state index contributed by atoms with van der Waals surface area (Å²) in [6.07, 6.45) is 0. The van der Waals surface area contributed by atoms with Crippen molar-refractivity contribution in [2.24, 2.45) is 0 Å². The topological polar surface area (TPSA) is 75.7 Å². The van der Waals surface area contributed by atoms with Crippen LogP contribution in [0.3, 0.4) is 0 Å². The predicted molar refractivity (Wildman–Crippen MR) is 105 cm³/mol. The Labute approximate surface area is 158 Å². The van der Waals surface area contributed by atoms with Gasteiger partial charge in [-0.15, -0.1) is 11.8 Å². The number of amides is 1. The molecule has 0 aliphatic carbocycles. The Morgan fingerprint density at radius 1 is 1.31 bits per heavy atom. The molecular formula is C18H22N2O4PS+. The smallest absolute Gasteiger partial charge is 0.355 e. The van der Waals surface area contributed by atoms with Crippen LogP contribution in [-0.4, -0.2) is 59.7 Å². The maximum atomic E-state index is 12.6. The number of Topliss-reactive ketones (excluding diaryl/α,β-unsaturated/α-hetero) is 1. The minimum Gasteiger partial charge on any atom is -0.453 e. The van der Waals surface area contributed by atoms with Crippen LogP contribution in [0.25, 0.3) is 0 Å². The number of rotatable bonds is 6. The van der Waals surface area contributed by atoms with Crippen molar-refractivity contribution in [1.29, 1.82) is 0 Å². The van der Waals surface area contributed by atoms with Gasteiger partial charge in [-0.2, -0.15) is 5.09 Å². The fourth-order valence-corrected chi connectivity index (χ4v) is 5.30. The third kappa shape index (κ3) is 3.70. The molecule has 0 bridgehead atoms. The minimum absolute atomic E-state index is 0.0847. The zero-order valence-corrected chi connectivity index (χ0v) is 16.8. The van der Waals surface area contributed by atoms with E-state index in [1.54, 1.807) is 36.0 Å². The second-order valence-corrected chi connectivity index (χ2v) is 9.92. The fraction of sp³-hybridized carbons (Fsp3) is 0.389. The van der Waals surface area contributed by atoms with E-state index in [0.29, 0.717) is 17.0 Å². The third-order valence-corrected chi connectivity index (χ3v) is 6.54. The van der Waals surface area contributed by atoms with E-state index in [4.69, 9.17) is 4.74 Å². The van der Waals surface area contributed by atoms with Crippen LogP contribution in [0, 0.1) is 0 Å². The SMILES string of the molecule is CC1=C(C(=O)OCC(=O)c2ccccc2)N2C(=O)[C@@H](N[PH+](C)C)[C@@H]2SC1. The lowest BCUT2D eigenvalue weighted by molar-refractivity contribution is -0.150. The van der Waals surface area contributed by atoms with Gasteiger partial charge in [-0.25, -0.2) is 4.79 Å². The van der Waals surface area contributed by atoms with E-state index >= 15 is 0 Å². The number of nitrogens with one attached hydrogen (secondary N) is 1. The largest absolute Gasteiger partial charge is 0.453 e. The quantitative estimate of drug-likeness (QED) is 0.345. The van der Waals surface area contributed by atoms with Gasteiger partial charge in [0.25, 0.3) is 5.91 Å². The van der Waals surface area contributed by atoms with Crippen LogP contribution < -0.4 is 5.09 Å². The zero-order valence-electron chi connectivity index (χ0n) is 14.9. The minimum atomic E-state index is -0.766. The average molecular weight is 393 g/mol. The number of fused-ring (bicyclic) bond motifs is 1. The molecule has 0 unspecified atom stereocenters. The third-order valence-electron chi connectivity index (χ3n) is 4.23. The van der Waals surface area contributed by atoms with Crippen molar-refractivity contribution in [2.45, 2.75) is 18.3 Å². The molecule has 138 valence electrons. The van der Waals surface area contributed by atoms with Crippen molar-refractivity contribution in [1.82, 2.24) is 9.99 Å². The summed E-state index contributed by atoms with van der Waals surface area (Å²) in [5, 5.41) is 3.25. The van der Waals surface area contributed by atoms with E-state index < -0.39 is 14.0 Å².